The Hall–Kier alpha value is -2.22. The molecule has 0 bridgehead atoms. The molecule has 2 aromatic carbocycles. The number of carbonyl (C=O) groups excluding carboxylic acids is 2. The number of ketones is 1. The fraction of sp³-hybridized carbons (Fsp3) is 0.300. The number of sulfone groups is 1. The molecule has 1 heterocycles. The Morgan fingerprint density at radius 2 is 1.64 bits per heavy atom. The molecular formula is C20H20ClNO5S. The van der Waals surface area contributed by atoms with Gasteiger partial charge in [-0.25, -0.2) is 8.42 Å². The maximum absolute atomic E-state index is 13.4. The average molecular weight is 422 g/mol. The summed E-state index contributed by atoms with van der Waals surface area (Å²) >= 11 is 5.94. The van der Waals surface area contributed by atoms with Crippen LogP contribution in [-0.4, -0.2) is 38.6 Å². The molecule has 0 amide bonds. The van der Waals surface area contributed by atoms with Gasteiger partial charge in [-0.3, -0.25) is 14.9 Å². The zero-order chi connectivity index (χ0) is 20.5. The van der Waals surface area contributed by atoms with E-state index in [9.17, 15) is 18.0 Å². The first-order chi connectivity index (χ1) is 13.3. The van der Waals surface area contributed by atoms with E-state index in [-0.39, 0.29) is 10.7 Å². The minimum Gasteiger partial charge on any atom is -0.468 e. The van der Waals surface area contributed by atoms with Gasteiger partial charge in [0.05, 0.1) is 17.9 Å². The predicted octanol–water partition coefficient (Wildman–Crippen LogP) is 2.57. The van der Waals surface area contributed by atoms with E-state index in [0.29, 0.717) is 10.6 Å². The highest BCUT2D eigenvalue weighted by molar-refractivity contribution is 7.92. The Labute approximate surface area is 168 Å². The summed E-state index contributed by atoms with van der Waals surface area (Å²) in [4.78, 5) is 25.0. The first-order valence-corrected chi connectivity index (χ1v) is 10.6. The van der Waals surface area contributed by atoms with E-state index in [1.54, 1.807) is 42.5 Å². The summed E-state index contributed by atoms with van der Waals surface area (Å²) in [5.74, 6) is -2.02. The molecule has 1 fully saturated rings. The molecule has 0 radical (unpaired) electrons. The standard InChI is InChI=1S/C20H20ClNO5S/c1-12(23)16-17(13-8-10-14(21)11-9-13)22-18(20(24)27-2)19(16)28(25,26)15-6-4-3-5-7-15/h3-11,16-19,22H,1-2H3/t16-,17+,18+,19+/m0/s1. The van der Waals surface area contributed by atoms with Gasteiger partial charge in [0, 0.05) is 11.1 Å². The quantitative estimate of drug-likeness (QED) is 0.746. The lowest BCUT2D eigenvalue weighted by molar-refractivity contribution is -0.142. The van der Waals surface area contributed by atoms with Crippen molar-refractivity contribution < 1.29 is 22.7 Å². The van der Waals surface area contributed by atoms with Gasteiger partial charge in [0.2, 0.25) is 0 Å². The summed E-state index contributed by atoms with van der Waals surface area (Å²) < 4.78 is 31.6. The van der Waals surface area contributed by atoms with Gasteiger partial charge in [-0.2, -0.15) is 0 Å². The highest BCUT2D eigenvalue weighted by atomic mass is 35.5. The summed E-state index contributed by atoms with van der Waals surface area (Å²) in [5, 5.41) is 2.24. The van der Waals surface area contributed by atoms with Crippen molar-refractivity contribution in [1.29, 1.82) is 0 Å². The van der Waals surface area contributed by atoms with Crippen LogP contribution in [0.1, 0.15) is 18.5 Å². The van der Waals surface area contributed by atoms with Gasteiger partial charge in [-0.1, -0.05) is 41.9 Å². The summed E-state index contributed by atoms with van der Waals surface area (Å²) in [6.45, 7) is 1.34. The van der Waals surface area contributed by atoms with Crippen molar-refractivity contribution >= 4 is 33.2 Å². The summed E-state index contributed by atoms with van der Waals surface area (Å²) in [6, 6.07) is 12.7. The fourth-order valence-corrected chi connectivity index (χ4v) is 5.96. The number of hydrogen-bond donors (Lipinski definition) is 1. The lowest BCUT2D eigenvalue weighted by atomic mass is 9.90. The molecule has 1 aliphatic rings. The molecule has 1 saturated heterocycles. The second kappa shape index (κ2) is 8.03. The number of halogens is 1. The monoisotopic (exact) mass is 421 g/mol. The second-order valence-electron chi connectivity index (χ2n) is 6.66. The minimum absolute atomic E-state index is 0.0544. The number of nitrogens with one attached hydrogen (secondary N) is 1. The third-order valence-electron chi connectivity index (χ3n) is 4.98. The second-order valence-corrected chi connectivity index (χ2v) is 9.20. The van der Waals surface area contributed by atoms with Gasteiger partial charge in [0.15, 0.2) is 9.84 Å². The van der Waals surface area contributed by atoms with E-state index in [0.717, 1.165) is 0 Å². The number of Topliss-reactive ketones (excluding diaryl/α,β-unsaturated/α-hetero) is 1. The summed E-state index contributed by atoms with van der Waals surface area (Å²) in [6.07, 6.45) is 0. The lowest BCUT2D eigenvalue weighted by Crippen LogP contribution is -2.45. The number of ether oxygens (including phenoxy) is 1. The van der Waals surface area contributed by atoms with Crippen molar-refractivity contribution in [3.8, 4) is 0 Å². The zero-order valence-electron chi connectivity index (χ0n) is 15.3. The van der Waals surface area contributed by atoms with Crippen molar-refractivity contribution in [3.05, 3.63) is 65.2 Å². The molecule has 1 aliphatic heterocycles. The van der Waals surface area contributed by atoms with Gasteiger partial charge < -0.3 is 4.74 Å². The Bertz CT molecular complexity index is 975. The van der Waals surface area contributed by atoms with Crippen LogP contribution in [0.4, 0.5) is 0 Å². The van der Waals surface area contributed by atoms with Gasteiger partial charge in [-0.15, -0.1) is 0 Å². The number of rotatable bonds is 5. The van der Waals surface area contributed by atoms with Crippen LogP contribution in [0.3, 0.4) is 0 Å². The molecule has 8 heteroatoms. The third kappa shape index (κ3) is 3.70. The van der Waals surface area contributed by atoms with Crippen LogP contribution in [0.5, 0.6) is 0 Å². The van der Waals surface area contributed by atoms with E-state index in [1.807, 2.05) is 0 Å². The topological polar surface area (TPSA) is 89.5 Å². The molecule has 2 aromatic rings. The molecule has 148 valence electrons. The smallest absolute Gasteiger partial charge is 0.324 e. The lowest BCUT2D eigenvalue weighted by Gasteiger charge is -2.23. The number of hydrogen-bond acceptors (Lipinski definition) is 6. The average Bonchev–Trinajstić information content (AvgIpc) is 3.10. The van der Waals surface area contributed by atoms with Gasteiger partial charge >= 0.3 is 5.97 Å². The molecule has 0 spiro atoms. The zero-order valence-corrected chi connectivity index (χ0v) is 16.9. The van der Waals surface area contributed by atoms with Crippen molar-refractivity contribution in [2.45, 2.75) is 29.2 Å². The Balaban J connectivity index is 2.14. The van der Waals surface area contributed by atoms with E-state index in [1.165, 1.54) is 26.2 Å². The molecule has 6 nitrogen and oxygen atoms in total. The molecule has 28 heavy (non-hydrogen) atoms. The van der Waals surface area contributed by atoms with Crippen molar-refractivity contribution in [3.63, 3.8) is 0 Å². The number of methoxy groups -OCH3 is 1. The minimum atomic E-state index is -4.00. The molecule has 0 aliphatic carbocycles. The van der Waals surface area contributed by atoms with Gasteiger partial charge in [0.1, 0.15) is 17.1 Å². The number of carbonyl (C=O) groups is 2. The number of benzene rings is 2. The summed E-state index contributed by atoms with van der Waals surface area (Å²) in [7, 11) is -2.81. The molecule has 1 N–H and O–H groups in total. The molecule has 4 atom stereocenters. The maximum Gasteiger partial charge on any atom is 0.324 e. The van der Waals surface area contributed by atoms with Crippen LogP contribution < -0.4 is 5.32 Å². The van der Waals surface area contributed by atoms with Crippen LogP contribution in [0.15, 0.2) is 59.5 Å². The summed E-state index contributed by atoms with van der Waals surface area (Å²) in [5.41, 5.74) is 0.671. The fourth-order valence-electron chi connectivity index (χ4n) is 3.70. The van der Waals surface area contributed by atoms with Crippen molar-refractivity contribution in [2.75, 3.05) is 7.11 Å². The molecule has 0 aromatic heterocycles. The Kier molecular flexibility index (Phi) is 5.88. The maximum atomic E-state index is 13.4. The van der Waals surface area contributed by atoms with Crippen LogP contribution in [0.2, 0.25) is 5.02 Å². The van der Waals surface area contributed by atoms with Crippen LogP contribution >= 0.6 is 11.6 Å². The number of esters is 1. The van der Waals surface area contributed by atoms with Gasteiger partial charge in [0.25, 0.3) is 0 Å². The molecule has 3 rings (SSSR count). The van der Waals surface area contributed by atoms with Crippen LogP contribution in [0.25, 0.3) is 0 Å². The largest absolute Gasteiger partial charge is 0.468 e. The van der Waals surface area contributed by atoms with E-state index < -0.39 is 39.1 Å². The molecule has 0 unspecified atom stereocenters. The Morgan fingerprint density at radius 3 is 2.18 bits per heavy atom. The van der Waals surface area contributed by atoms with Crippen LogP contribution in [0, 0.1) is 5.92 Å². The molecule has 0 saturated carbocycles. The van der Waals surface area contributed by atoms with E-state index in [4.69, 9.17) is 16.3 Å². The third-order valence-corrected chi connectivity index (χ3v) is 7.45. The Morgan fingerprint density at radius 1 is 1.04 bits per heavy atom. The first kappa shape index (κ1) is 20.5. The normalized spacial score (nSPS) is 24.7. The van der Waals surface area contributed by atoms with E-state index >= 15 is 0 Å². The van der Waals surface area contributed by atoms with Crippen LogP contribution in [-0.2, 0) is 24.2 Å². The first-order valence-electron chi connectivity index (χ1n) is 8.66. The molecular weight excluding hydrogens is 402 g/mol. The van der Waals surface area contributed by atoms with Crippen molar-refractivity contribution in [1.82, 2.24) is 5.32 Å². The van der Waals surface area contributed by atoms with Crippen molar-refractivity contribution in [2.24, 2.45) is 5.92 Å². The van der Waals surface area contributed by atoms with Gasteiger partial charge in [-0.05, 0) is 36.8 Å². The van der Waals surface area contributed by atoms with E-state index in [2.05, 4.69) is 5.32 Å². The highest BCUT2D eigenvalue weighted by Crippen LogP contribution is 2.40. The predicted molar refractivity (Wildman–Crippen MR) is 105 cm³/mol. The highest BCUT2D eigenvalue weighted by Gasteiger charge is 2.55. The SMILES string of the molecule is COC(=O)[C@@H]1N[C@H](c2ccc(Cl)cc2)[C@H](C(C)=O)[C@H]1S(=O)(=O)c1ccccc1.